The SMILES string of the molecule is C/C=C/CCNC(=O)CSCc1c(C)noc1C. The minimum Gasteiger partial charge on any atom is -0.361 e. The maximum atomic E-state index is 11.5. The zero-order chi connectivity index (χ0) is 13.4. The quantitative estimate of drug-likeness (QED) is 0.610. The topological polar surface area (TPSA) is 55.1 Å². The number of thioether (sulfide) groups is 1. The van der Waals surface area contributed by atoms with E-state index < -0.39 is 0 Å². The normalized spacial score (nSPS) is 11.1. The lowest BCUT2D eigenvalue weighted by molar-refractivity contribution is -0.118. The van der Waals surface area contributed by atoms with Crippen LogP contribution in [0.25, 0.3) is 0 Å². The van der Waals surface area contributed by atoms with Gasteiger partial charge in [0.25, 0.3) is 0 Å². The molecule has 0 saturated carbocycles. The zero-order valence-electron chi connectivity index (χ0n) is 11.2. The summed E-state index contributed by atoms with van der Waals surface area (Å²) in [5.74, 6) is 2.16. The highest BCUT2D eigenvalue weighted by atomic mass is 32.2. The third kappa shape index (κ3) is 4.96. The van der Waals surface area contributed by atoms with Gasteiger partial charge in [0.2, 0.25) is 5.91 Å². The molecule has 1 N–H and O–H groups in total. The van der Waals surface area contributed by atoms with E-state index in [-0.39, 0.29) is 5.91 Å². The summed E-state index contributed by atoms with van der Waals surface area (Å²) in [6.45, 7) is 6.49. The summed E-state index contributed by atoms with van der Waals surface area (Å²) in [6.07, 6.45) is 4.91. The van der Waals surface area contributed by atoms with E-state index in [1.54, 1.807) is 11.8 Å². The minimum absolute atomic E-state index is 0.0799. The molecule has 0 unspecified atom stereocenters. The second-order valence-corrected chi connectivity index (χ2v) is 4.99. The highest BCUT2D eigenvalue weighted by Gasteiger charge is 2.09. The van der Waals surface area contributed by atoms with Crippen molar-refractivity contribution in [1.82, 2.24) is 10.5 Å². The summed E-state index contributed by atoms with van der Waals surface area (Å²) in [7, 11) is 0. The molecule has 0 spiro atoms. The van der Waals surface area contributed by atoms with Crippen LogP contribution in [0.15, 0.2) is 16.7 Å². The first-order valence-corrected chi connectivity index (χ1v) is 7.18. The third-order valence-electron chi connectivity index (χ3n) is 2.53. The Hall–Kier alpha value is -1.23. The van der Waals surface area contributed by atoms with Gasteiger partial charge in [0.05, 0.1) is 11.4 Å². The van der Waals surface area contributed by atoms with Crippen molar-refractivity contribution in [2.45, 2.75) is 32.9 Å². The van der Waals surface area contributed by atoms with Gasteiger partial charge in [-0.15, -0.1) is 11.8 Å². The van der Waals surface area contributed by atoms with Crippen LogP contribution in [0.2, 0.25) is 0 Å². The van der Waals surface area contributed by atoms with Crippen molar-refractivity contribution in [3.8, 4) is 0 Å². The Morgan fingerprint density at radius 2 is 2.28 bits per heavy atom. The molecule has 100 valence electrons. The molecule has 0 fully saturated rings. The summed E-state index contributed by atoms with van der Waals surface area (Å²) in [4.78, 5) is 11.5. The highest BCUT2D eigenvalue weighted by molar-refractivity contribution is 7.99. The average Bonchev–Trinajstić information content (AvgIpc) is 2.66. The van der Waals surface area contributed by atoms with Gasteiger partial charge < -0.3 is 9.84 Å². The van der Waals surface area contributed by atoms with Crippen molar-refractivity contribution in [1.29, 1.82) is 0 Å². The maximum Gasteiger partial charge on any atom is 0.230 e. The molecule has 1 aromatic rings. The van der Waals surface area contributed by atoms with E-state index in [1.165, 1.54) is 0 Å². The fraction of sp³-hybridized carbons (Fsp3) is 0.538. The smallest absolute Gasteiger partial charge is 0.230 e. The third-order valence-corrected chi connectivity index (χ3v) is 3.49. The van der Waals surface area contributed by atoms with Gasteiger partial charge in [-0.3, -0.25) is 4.79 Å². The molecule has 4 nitrogen and oxygen atoms in total. The van der Waals surface area contributed by atoms with Gasteiger partial charge in [-0.1, -0.05) is 17.3 Å². The van der Waals surface area contributed by atoms with E-state index in [4.69, 9.17) is 4.52 Å². The van der Waals surface area contributed by atoms with Gasteiger partial charge in [-0.25, -0.2) is 0 Å². The van der Waals surface area contributed by atoms with E-state index in [2.05, 4.69) is 10.5 Å². The lowest BCUT2D eigenvalue weighted by atomic mass is 10.2. The summed E-state index contributed by atoms with van der Waals surface area (Å²) in [5, 5.41) is 6.76. The van der Waals surface area contributed by atoms with Crippen LogP contribution < -0.4 is 5.32 Å². The predicted octanol–water partition coefficient (Wildman–Crippen LogP) is 2.61. The molecule has 18 heavy (non-hydrogen) atoms. The van der Waals surface area contributed by atoms with Crippen LogP contribution in [0.4, 0.5) is 0 Å². The summed E-state index contributed by atoms with van der Waals surface area (Å²) < 4.78 is 5.07. The molecule has 0 aromatic carbocycles. The van der Waals surface area contributed by atoms with E-state index in [0.29, 0.717) is 12.3 Å². The molecule has 0 aliphatic heterocycles. The Bertz CT molecular complexity index is 394. The number of nitrogens with zero attached hydrogens (tertiary/aromatic N) is 1. The number of hydrogen-bond acceptors (Lipinski definition) is 4. The van der Waals surface area contributed by atoms with Crippen molar-refractivity contribution in [3.05, 3.63) is 29.2 Å². The second-order valence-electron chi connectivity index (χ2n) is 4.00. The fourth-order valence-corrected chi connectivity index (χ4v) is 2.47. The molecular formula is C13H20N2O2S. The number of aromatic nitrogens is 1. The number of carbonyl (C=O) groups excluding carboxylic acids is 1. The van der Waals surface area contributed by atoms with Crippen LogP contribution in [0.1, 0.15) is 30.4 Å². The number of hydrogen-bond donors (Lipinski definition) is 1. The number of amides is 1. The van der Waals surface area contributed by atoms with Crippen LogP contribution in [0, 0.1) is 13.8 Å². The van der Waals surface area contributed by atoms with E-state index in [9.17, 15) is 4.79 Å². The lowest BCUT2D eigenvalue weighted by Crippen LogP contribution is -2.25. The molecule has 1 aromatic heterocycles. The van der Waals surface area contributed by atoms with Crippen LogP contribution in [-0.4, -0.2) is 23.4 Å². The van der Waals surface area contributed by atoms with Gasteiger partial charge in [-0.05, 0) is 27.2 Å². The van der Waals surface area contributed by atoms with Crippen molar-refractivity contribution >= 4 is 17.7 Å². The molecule has 1 heterocycles. The predicted molar refractivity (Wildman–Crippen MR) is 74.6 cm³/mol. The number of carbonyl (C=O) groups is 1. The van der Waals surface area contributed by atoms with Gasteiger partial charge in [-0.2, -0.15) is 0 Å². The summed E-state index contributed by atoms with van der Waals surface area (Å²) >= 11 is 1.58. The number of allylic oxidation sites excluding steroid dienone is 1. The summed E-state index contributed by atoms with van der Waals surface area (Å²) in [6, 6.07) is 0. The number of aryl methyl sites for hydroxylation is 2. The first-order valence-electron chi connectivity index (χ1n) is 6.02. The monoisotopic (exact) mass is 268 g/mol. The van der Waals surface area contributed by atoms with E-state index in [0.717, 1.165) is 29.2 Å². The molecule has 1 rings (SSSR count). The number of nitrogens with one attached hydrogen (secondary N) is 1. The van der Waals surface area contributed by atoms with Crippen molar-refractivity contribution in [2.24, 2.45) is 0 Å². The molecular weight excluding hydrogens is 248 g/mol. The van der Waals surface area contributed by atoms with Gasteiger partial charge >= 0.3 is 0 Å². The Morgan fingerprint density at radius 3 is 2.89 bits per heavy atom. The molecule has 5 heteroatoms. The Labute approximate surface area is 112 Å². The van der Waals surface area contributed by atoms with Gasteiger partial charge in [0.1, 0.15) is 5.76 Å². The molecule has 0 aliphatic rings. The molecule has 1 amide bonds. The molecule has 0 radical (unpaired) electrons. The van der Waals surface area contributed by atoms with Crippen molar-refractivity contribution in [3.63, 3.8) is 0 Å². The molecule has 0 bridgehead atoms. The fourth-order valence-electron chi connectivity index (χ4n) is 1.47. The summed E-state index contributed by atoms with van der Waals surface area (Å²) in [5.41, 5.74) is 2.01. The highest BCUT2D eigenvalue weighted by Crippen LogP contribution is 2.19. The maximum absolute atomic E-state index is 11.5. The van der Waals surface area contributed by atoms with Crippen LogP contribution in [0.3, 0.4) is 0 Å². The lowest BCUT2D eigenvalue weighted by Gasteiger charge is -2.03. The first-order chi connectivity index (χ1) is 8.65. The Kier molecular flexibility index (Phi) is 6.57. The minimum atomic E-state index is 0.0799. The van der Waals surface area contributed by atoms with E-state index in [1.807, 2.05) is 32.9 Å². The molecule has 0 aliphatic carbocycles. The molecule has 0 atom stereocenters. The standard InChI is InChI=1S/C13H20N2O2S/c1-4-5-6-7-14-13(16)9-18-8-12-10(2)15-17-11(12)3/h4-5H,6-9H2,1-3H3,(H,14,16)/b5-4+. The van der Waals surface area contributed by atoms with E-state index >= 15 is 0 Å². The zero-order valence-corrected chi connectivity index (χ0v) is 12.0. The van der Waals surface area contributed by atoms with Crippen molar-refractivity contribution in [2.75, 3.05) is 12.3 Å². The van der Waals surface area contributed by atoms with Crippen molar-refractivity contribution < 1.29 is 9.32 Å². The van der Waals surface area contributed by atoms with Crippen LogP contribution in [0.5, 0.6) is 0 Å². The first kappa shape index (κ1) is 14.8. The largest absolute Gasteiger partial charge is 0.361 e. The van der Waals surface area contributed by atoms with Crippen LogP contribution >= 0.6 is 11.8 Å². The second kappa shape index (κ2) is 7.97. The Morgan fingerprint density at radius 1 is 1.50 bits per heavy atom. The average molecular weight is 268 g/mol. The number of rotatable bonds is 7. The van der Waals surface area contributed by atoms with Gasteiger partial charge in [0.15, 0.2) is 0 Å². The molecule has 0 saturated heterocycles. The van der Waals surface area contributed by atoms with Gasteiger partial charge in [0, 0.05) is 17.9 Å². The Balaban J connectivity index is 2.19. The van der Waals surface area contributed by atoms with Crippen LogP contribution in [-0.2, 0) is 10.5 Å².